The summed E-state index contributed by atoms with van der Waals surface area (Å²) in [5, 5.41) is 9.16. The number of hydrogen-bond acceptors (Lipinski definition) is 6. The van der Waals surface area contributed by atoms with Gasteiger partial charge in [-0.3, -0.25) is 9.59 Å². The van der Waals surface area contributed by atoms with E-state index in [1.54, 1.807) is 25.2 Å². The SMILES string of the molecule is C[C@@H]1C[C@H]2[C@@H]3C[C@H](F)C4=CCC=C[C@]4(C)[C@@]3(F)[C@@H](O[P+](=O)O)C[C@]2(C)[C@]1(C(=O)SCF)C(C=O)C(=O)O. The molecule has 4 rings (SSSR count). The van der Waals surface area contributed by atoms with Crippen LogP contribution >= 0.6 is 20.0 Å². The second-order valence-electron chi connectivity index (χ2n) is 11.1. The van der Waals surface area contributed by atoms with E-state index in [0.29, 0.717) is 6.42 Å². The number of rotatable bonds is 7. The largest absolute Gasteiger partial charge is 0.695 e. The Morgan fingerprint density at radius 3 is 2.57 bits per heavy atom. The molecule has 204 valence electrons. The first-order valence-electron chi connectivity index (χ1n) is 12.2. The van der Waals surface area contributed by atoms with Crippen molar-refractivity contribution in [3.05, 3.63) is 23.8 Å². The Balaban J connectivity index is 1.99. The highest BCUT2D eigenvalue weighted by Crippen LogP contribution is 2.75. The van der Waals surface area contributed by atoms with Crippen LogP contribution in [0.1, 0.15) is 46.5 Å². The number of halogens is 3. The molecule has 37 heavy (non-hydrogen) atoms. The average Bonchev–Trinajstić information content (AvgIpc) is 3.03. The number of carbonyl (C=O) groups excluding carboxylic acids is 2. The number of hydrogen-bond donors (Lipinski definition) is 2. The van der Waals surface area contributed by atoms with E-state index in [1.165, 1.54) is 13.8 Å². The van der Waals surface area contributed by atoms with Crippen molar-refractivity contribution >= 4 is 37.4 Å². The van der Waals surface area contributed by atoms with Crippen molar-refractivity contribution in [3.8, 4) is 0 Å². The molecule has 2 N–H and O–H groups in total. The number of carboxylic acids is 1. The highest BCUT2D eigenvalue weighted by Gasteiger charge is 2.79. The van der Waals surface area contributed by atoms with Gasteiger partial charge in [-0.15, -0.1) is 9.42 Å². The number of alkyl halides is 3. The first-order valence-corrected chi connectivity index (χ1v) is 14.3. The molecule has 11 atom stereocenters. The lowest BCUT2D eigenvalue weighted by atomic mass is 9.42. The number of carboxylic acid groups (broad SMARTS) is 1. The van der Waals surface area contributed by atoms with Crippen LogP contribution in [-0.4, -0.2) is 51.3 Å². The smallest absolute Gasteiger partial charge is 0.481 e. The normalized spacial score (nSPS) is 45.6. The summed E-state index contributed by atoms with van der Waals surface area (Å²) in [5.41, 5.74) is -7.13. The van der Waals surface area contributed by atoms with Gasteiger partial charge >= 0.3 is 14.2 Å². The Kier molecular flexibility index (Phi) is 7.36. The number of fused-ring (bicyclic) bond motifs is 5. The second kappa shape index (κ2) is 9.57. The maximum absolute atomic E-state index is 17.8. The minimum absolute atomic E-state index is 0.0899. The van der Waals surface area contributed by atoms with E-state index in [-0.39, 0.29) is 42.9 Å². The standard InChI is InChI=1S/C25H30F3O7PS/c1-13-8-15-16-9-18(27)14-6-4-5-7-22(14,2)25(16,28)19(35-36(33)34)10-23(15,3)24(13,21(32)37-12-26)17(11-29)20(30)31/h5-7,11,13,15-19H,4,8-10,12H2,1-3H3,(H-,30,31,33,34)/p+1/t13-,15+,16+,17?,18+,19+,22+,23+,24+,25+/m1/s1. The molecule has 0 aliphatic heterocycles. The topological polar surface area (TPSA) is 118 Å². The minimum Gasteiger partial charge on any atom is -0.481 e. The Hall–Kier alpha value is -1.55. The second-order valence-corrected chi connectivity index (χ2v) is 12.7. The van der Waals surface area contributed by atoms with Crippen molar-refractivity contribution in [2.24, 2.45) is 39.9 Å². The summed E-state index contributed by atoms with van der Waals surface area (Å²) >= 11 is 0.244. The van der Waals surface area contributed by atoms with Crippen molar-refractivity contribution in [1.82, 2.24) is 0 Å². The van der Waals surface area contributed by atoms with Crippen molar-refractivity contribution in [2.75, 3.05) is 6.01 Å². The lowest BCUT2D eigenvalue weighted by Crippen LogP contribution is -2.70. The fraction of sp³-hybridized carbons (Fsp3) is 0.720. The summed E-state index contributed by atoms with van der Waals surface area (Å²) in [4.78, 5) is 47.9. The van der Waals surface area contributed by atoms with Gasteiger partial charge in [-0.2, -0.15) is 0 Å². The zero-order valence-corrected chi connectivity index (χ0v) is 22.4. The third-order valence-electron chi connectivity index (χ3n) is 10.0. The number of thioether (sulfide) groups is 1. The first kappa shape index (κ1) is 28.5. The van der Waals surface area contributed by atoms with E-state index in [4.69, 9.17) is 4.52 Å². The summed E-state index contributed by atoms with van der Waals surface area (Å²) in [6.45, 7) is 4.64. The van der Waals surface area contributed by atoms with Crippen molar-refractivity contribution < 1.29 is 46.6 Å². The molecule has 3 saturated carbocycles. The van der Waals surface area contributed by atoms with Crippen LogP contribution in [0.3, 0.4) is 0 Å². The maximum atomic E-state index is 17.8. The molecule has 12 heteroatoms. The highest BCUT2D eigenvalue weighted by atomic mass is 32.2. The number of aliphatic carboxylic acids is 1. The third kappa shape index (κ3) is 3.60. The van der Waals surface area contributed by atoms with Crippen LogP contribution in [0, 0.1) is 39.9 Å². The summed E-state index contributed by atoms with van der Waals surface area (Å²) in [7, 11) is -3.34. The maximum Gasteiger partial charge on any atom is 0.695 e. The highest BCUT2D eigenvalue weighted by molar-refractivity contribution is 8.13. The van der Waals surface area contributed by atoms with Gasteiger partial charge in [0.1, 0.15) is 24.4 Å². The summed E-state index contributed by atoms with van der Waals surface area (Å²) in [6.07, 6.45) is 1.64. The molecule has 0 saturated heterocycles. The van der Waals surface area contributed by atoms with Crippen LogP contribution in [0.2, 0.25) is 0 Å². The van der Waals surface area contributed by atoms with Crippen LogP contribution in [0.25, 0.3) is 0 Å². The third-order valence-corrected chi connectivity index (χ3v) is 11.1. The van der Waals surface area contributed by atoms with E-state index in [0.717, 1.165) is 0 Å². The van der Waals surface area contributed by atoms with Gasteiger partial charge in [-0.25, -0.2) is 13.2 Å². The van der Waals surface area contributed by atoms with E-state index in [9.17, 15) is 33.3 Å². The molecule has 0 bridgehead atoms. The molecule has 0 aromatic heterocycles. The van der Waals surface area contributed by atoms with Gasteiger partial charge in [0.2, 0.25) is 0 Å². The molecule has 0 aromatic rings. The van der Waals surface area contributed by atoms with Gasteiger partial charge in [-0.1, -0.05) is 43.8 Å². The minimum atomic E-state index is -3.34. The van der Waals surface area contributed by atoms with E-state index in [2.05, 4.69) is 0 Å². The lowest BCUT2D eigenvalue weighted by Gasteiger charge is -2.63. The molecule has 4 aliphatic rings. The first-order chi connectivity index (χ1) is 17.3. The Morgan fingerprint density at radius 2 is 2.00 bits per heavy atom. The zero-order valence-electron chi connectivity index (χ0n) is 20.7. The molecule has 7 nitrogen and oxygen atoms in total. The number of aldehydes is 1. The van der Waals surface area contributed by atoms with Crippen molar-refractivity contribution in [2.45, 2.75) is 64.4 Å². The van der Waals surface area contributed by atoms with E-state index >= 15 is 8.78 Å². The molecular weight excluding hydrogens is 532 g/mol. The van der Waals surface area contributed by atoms with E-state index < -0.39 is 83.2 Å². The molecule has 0 amide bonds. The van der Waals surface area contributed by atoms with Crippen LogP contribution in [-0.2, 0) is 23.5 Å². The molecule has 0 spiro atoms. The van der Waals surface area contributed by atoms with Gasteiger partial charge in [-0.05, 0) is 55.4 Å². The summed E-state index contributed by atoms with van der Waals surface area (Å²) in [6, 6.07) is -1.16. The lowest BCUT2D eigenvalue weighted by molar-refractivity contribution is -0.209. The fourth-order valence-corrected chi connectivity index (χ4v) is 10.0. The molecule has 0 aromatic carbocycles. The number of carbonyl (C=O) groups is 3. The monoisotopic (exact) mass is 563 g/mol. The molecule has 2 unspecified atom stereocenters. The van der Waals surface area contributed by atoms with Gasteiger partial charge in [0.05, 0.1) is 5.41 Å². The molecular formula is C25H31F3O7PS+. The van der Waals surface area contributed by atoms with Gasteiger partial charge in [0, 0.05) is 15.9 Å². The Morgan fingerprint density at radius 1 is 1.32 bits per heavy atom. The molecule has 0 radical (unpaired) electrons. The quantitative estimate of drug-likeness (QED) is 0.190. The fourth-order valence-electron chi connectivity index (χ4n) is 8.68. The van der Waals surface area contributed by atoms with E-state index in [1.807, 2.05) is 0 Å². The molecule has 3 fully saturated rings. The summed E-state index contributed by atoms with van der Waals surface area (Å²) in [5.74, 6) is -6.21. The van der Waals surface area contributed by atoms with Gasteiger partial charge in [0.15, 0.2) is 16.9 Å². The summed E-state index contributed by atoms with van der Waals surface area (Å²) < 4.78 is 64.2. The number of allylic oxidation sites excluding steroid dienone is 4. The van der Waals surface area contributed by atoms with Crippen LogP contribution in [0.4, 0.5) is 13.2 Å². The van der Waals surface area contributed by atoms with Crippen LogP contribution in [0.15, 0.2) is 23.8 Å². The zero-order chi connectivity index (χ0) is 27.6. The Bertz CT molecular complexity index is 1090. The molecule has 0 heterocycles. The van der Waals surface area contributed by atoms with Crippen molar-refractivity contribution in [3.63, 3.8) is 0 Å². The molecule has 4 aliphatic carbocycles. The van der Waals surface area contributed by atoms with Crippen LogP contribution < -0.4 is 0 Å². The van der Waals surface area contributed by atoms with Crippen molar-refractivity contribution in [1.29, 1.82) is 0 Å². The van der Waals surface area contributed by atoms with Crippen LogP contribution in [0.5, 0.6) is 0 Å². The predicted octanol–water partition coefficient (Wildman–Crippen LogP) is 5.12. The Labute approximate surface area is 218 Å². The van der Waals surface area contributed by atoms with Gasteiger partial charge < -0.3 is 9.90 Å². The predicted molar refractivity (Wildman–Crippen MR) is 130 cm³/mol. The van der Waals surface area contributed by atoms with Gasteiger partial charge in [0.25, 0.3) is 0 Å². The average molecular weight is 564 g/mol.